The van der Waals surface area contributed by atoms with Crippen molar-refractivity contribution in [1.29, 1.82) is 0 Å². The van der Waals surface area contributed by atoms with Crippen LogP contribution in [0.1, 0.15) is 24.6 Å². The summed E-state index contributed by atoms with van der Waals surface area (Å²) in [5, 5.41) is 4.09. The Morgan fingerprint density at radius 3 is 2.85 bits per heavy atom. The number of ether oxygens (including phenoxy) is 2. The number of methoxy groups -OCH3 is 1. The van der Waals surface area contributed by atoms with Crippen LogP contribution in [0.3, 0.4) is 0 Å². The molecule has 1 aromatic heterocycles. The molecule has 0 bridgehead atoms. The van der Waals surface area contributed by atoms with Gasteiger partial charge in [-0.2, -0.15) is 4.98 Å². The van der Waals surface area contributed by atoms with Gasteiger partial charge in [0.25, 0.3) is 5.89 Å². The molecular formula is C14H17N3O3. The lowest BCUT2D eigenvalue weighted by atomic mass is 10.00. The molecule has 2 heterocycles. The van der Waals surface area contributed by atoms with Gasteiger partial charge in [0.05, 0.1) is 12.7 Å². The molecule has 0 radical (unpaired) electrons. The maximum Gasteiger partial charge on any atom is 0.261 e. The number of hydrogen-bond donors (Lipinski definition) is 1. The second-order valence-corrected chi connectivity index (χ2v) is 4.80. The Hall–Kier alpha value is -2.08. The molecule has 1 aliphatic heterocycles. The average molecular weight is 275 g/mol. The zero-order valence-corrected chi connectivity index (χ0v) is 11.3. The van der Waals surface area contributed by atoms with E-state index in [2.05, 4.69) is 10.1 Å². The number of nitrogen functional groups attached to an aromatic ring is 1. The SMILES string of the molecule is COc1cc(N)ccc1-c1nc(C2CCOCC2)no1. The highest BCUT2D eigenvalue weighted by molar-refractivity contribution is 5.66. The standard InChI is InChI=1S/C14H17N3O3/c1-18-12-8-10(15)2-3-11(12)14-16-13(17-20-14)9-4-6-19-7-5-9/h2-3,8-9H,4-7,15H2,1H3. The largest absolute Gasteiger partial charge is 0.496 e. The average Bonchev–Trinajstić information content (AvgIpc) is 2.97. The van der Waals surface area contributed by atoms with Crippen molar-refractivity contribution in [3.8, 4) is 17.2 Å². The van der Waals surface area contributed by atoms with Crippen LogP contribution in [-0.4, -0.2) is 30.5 Å². The third kappa shape index (κ3) is 2.46. The molecule has 6 heteroatoms. The zero-order valence-electron chi connectivity index (χ0n) is 11.3. The highest BCUT2D eigenvalue weighted by Gasteiger charge is 2.22. The van der Waals surface area contributed by atoms with E-state index in [0.29, 0.717) is 23.2 Å². The number of nitrogens with zero attached hydrogens (tertiary/aromatic N) is 2. The van der Waals surface area contributed by atoms with Gasteiger partial charge in [-0.3, -0.25) is 0 Å². The number of aromatic nitrogens is 2. The number of benzene rings is 1. The van der Waals surface area contributed by atoms with Gasteiger partial charge in [-0.25, -0.2) is 0 Å². The molecule has 6 nitrogen and oxygen atoms in total. The summed E-state index contributed by atoms with van der Waals surface area (Å²) in [4.78, 5) is 4.49. The van der Waals surface area contributed by atoms with Crippen LogP contribution in [0, 0.1) is 0 Å². The molecule has 0 amide bonds. The van der Waals surface area contributed by atoms with E-state index in [1.54, 1.807) is 19.2 Å². The molecular weight excluding hydrogens is 258 g/mol. The van der Waals surface area contributed by atoms with E-state index in [9.17, 15) is 0 Å². The first-order valence-corrected chi connectivity index (χ1v) is 6.63. The third-order valence-corrected chi connectivity index (χ3v) is 3.48. The summed E-state index contributed by atoms with van der Waals surface area (Å²) in [7, 11) is 1.59. The third-order valence-electron chi connectivity index (χ3n) is 3.48. The van der Waals surface area contributed by atoms with Gasteiger partial charge in [0.2, 0.25) is 0 Å². The molecule has 20 heavy (non-hydrogen) atoms. The van der Waals surface area contributed by atoms with Crippen LogP contribution >= 0.6 is 0 Å². The number of anilines is 1. The summed E-state index contributed by atoms with van der Waals surface area (Å²) >= 11 is 0. The molecule has 0 spiro atoms. The van der Waals surface area contributed by atoms with Crippen LogP contribution < -0.4 is 10.5 Å². The summed E-state index contributed by atoms with van der Waals surface area (Å²) in [6.07, 6.45) is 1.86. The quantitative estimate of drug-likeness (QED) is 0.865. The summed E-state index contributed by atoms with van der Waals surface area (Å²) in [6, 6.07) is 5.36. The van der Waals surface area contributed by atoms with Gasteiger partial charge in [0, 0.05) is 30.9 Å². The Morgan fingerprint density at radius 1 is 1.30 bits per heavy atom. The molecule has 0 atom stereocenters. The fourth-order valence-corrected chi connectivity index (χ4v) is 2.35. The van der Waals surface area contributed by atoms with Gasteiger partial charge in [-0.15, -0.1) is 0 Å². The van der Waals surface area contributed by atoms with Crippen molar-refractivity contribution in [1.82, 2.24) is 10.1 Å². The van der Waals surface area contributed by atoms with Crippen LogP contribution in [-0.2, 0) is 4.74 Å². The van der Waals surface area contributed by atoms with Crippen molar-refractivity contribution in [2.45, 2.75) is 18.8 Å². The first-order valence-electron chi connectivity index (χ1n) is 6.63. The van der Waals surface area contributed by atoms with Gasteiger partial charge < -0.3 is 19.7 Å². The predicted octanol–water partition coefficient (Wildman–Crippen LogP) is 2.22. The molecule has 1 aliphatic rings. The summed E-state index contributed by atoms with van der Waals surface area (Å²) in [5.74, 6) is 2.14. The first-order chi connectivity index (χ1) is 9.78. The van der Waals surface area contributed by atoms with Gasteiger partial charge in [0.1, 0.15) is 5.75 Å². The Kier molecular flexibility index (Phi) is 3.56. The molecule has 106 valence electrons. The van der Waals surface area contributed by atoms with Gasteiger partial charge in [0.15, 0.2) is 5.82 Å². The van der Waals surface area contributed by atoms with Crippen molar-refractivity contribution in [2.24, 2.45) is 0 Å². The summed E-state index contributed by atoms with van der Waals surface area (Å²) in [6.45, 7) is 1.50. The van der Waals surface area contributed by atoms with Crippen molar-refractivity contribution >= 4 is 5.69 Å². The van der Waals surface area contributed by atoms with E-state index >= 15 is 0 Å². The van der Waals surface area contributed by atoms with Crippen LogP contribution in [0.25, 0.3) is 11.5 Å². The highest BCUT2D eigenvalue weighted by atomic mass is 16.5. The van der Waals surface area contributed by atoms with E-state index in [0.717, 1.165) is 37.4 Å². The van der Waals surface area contributed by atoms with E-state index in [1.807, 2.05) is 6.07 Å². The molecule has 1 saturated heterocycles. The fraction of sp³-hybridized carbons (Fsp3) is 0.429. The second-order valence-electron chi connectivity index (χ2n) is 4.80. The molecule has 0 aliphatic carbocycles. The predicted molar refractivity (Wildman–Crippen MR) is 73.5 cm³/mol. The van der Waals surface area contributed by atoms with Crippen LogP contribution in [0.2, 0.25) is 0 Å². The van der Waals surface area contributed by atoms with Crippen LogP contribution in [0.4, 0.5) is 5.69 Å². The minimum atomic E-state index is 0.307. The highest BCUT2D eigenvalue weighted by Crippen LogP contribution is 2.32. The van der Waals surface area contributed by atoms with Gasteiger partial charge in [-0.05, 0) is 25.0 Å². The minimum absolute atomic E-state index is 0.307. The minimum Gasteiger partial charge on any atom is -0.496 e. The normalized spacial score (nSPS) is 16.2. The zero-order chi connectivity index (χ0) is 13.9. The molecule has 2 aromatic rings. The Bertz CT molecular complexity index is 591. The topological polar surface area (TPSA) is 83.4 Å². The molecule has 0 saturated carbocycles. The van der Waals surface area contributed by atoms with Crippen molar-refractivity contribution in [3.05, 3.63) is 24.0 Å². The molecule has 0 unspecified atom stereocenters. The second kappa shape index (κ2) is 5.50. The Morgan fingerprint density at radius 2 is 2.10 bits per heavy atom. The van der Waals surface area contributed by atoms with E-state index in [-0.39, 0.29) is 0 Å². The van der Waals surface area contributed by atoms with Gasteiger partial charge >= 0.3 is 0 Å². The number of nitrogens with two attached hydrogens (primary N) is 1. The molecule has 1 aromatic carbocycles. The lowest BCUT2D eigenvalue weighted by Crippen LogP contribution is -2.15. The van der Waals surface area contributed by atoms with Crippen LogP contribution in [0.15, 0.2) is 22.7 Å². The molecule has 1 fully saturated rings. The van der Waals surface area contributed by atoms with Crippen LogP contribution in [0.5, 0.6) is 5.75 Å². The van der Waals surface area contributed by atoms with Crippen molar-refractivity contribution < 1.29 is 14.0 Å². The van der Waals surface area contributed by atoms with Crippen molar-refractivity contribution in [3.63, 3.8) is 0 Å². The Balaban J connectivity index is 1.89. The molecule has 2 N–H and O–H groups in total. The smallest absolute Gasteiger partial charge is 0.261 e. The van der Waals surface area contributed by atoms with Crippen molar-refractivity contribution in [2.75, 3.05) is 26.1 Å². The summed E-state index contributed by atoms with van der Waals surface area (Å²) < 4.78 is 16.0. The lowest BCUT2D eigenvalue weighted by molar-refractivity contribution is 0.0830. The van der Waals surface area contributed by atoms with E-state index in [4.69, 9.17) is 19.7 Å². The fourth-order valence-electron chi connectivity index (χ4n) is 2.35. The maximum absolute atomic E-state index is 5.74. The van der Waals surface area contributed by atoms with E-state index < -0.39 is 0 Å². The summed E-state index contributed by atoms with van der Waals surface area (Å²) in [5.41, 5.74) is 7.13. The van der Waals surface area contributed by atoms with E-state index in [1.165, 1.54) is 0 Å². The van der Waals surface area contributed by atoms with Gasteiger partial charge in [-0.1, -0.05) is 5.16 Å². The Labute approximate surface area is 116 Å². The molecule has 3 rings (SSSR count). The maximum atomic E-state index is 5.74. The monoisotopic (exact) mass is 275 g/mol. The number of rotatable bonds is 3. The number of hydrogen-bond acceptors (Lipinski definition) is 6. The lowest BCUT2D eigenvalue weighted by Gasteiger charge is -2.18. The first kappa shape index (κ1) is 12.9.